The van der Waals surface area contributed by atoms with Gasteiger partial charge in [-0.1, -0.05) is 188 Å². The minimum atomic E-state index is -1.17. The zero-order valence-electron chi connectivity index (χ0n) is 43.1. The summed E-state index contributed by atoms with van der Waals surface area (Å²) >= 11 is 0. The van der Waals surface area contributed by atoms with Gasteiger partial charge in [-0.3, -0.25) is 0 Å². The fourth-order valence-electron chi connectivity index (χ4n) is 9.63. The van der Waals surface area contributed by atoms with Crippen LogP contribution in [0.5, 0.6) is 0 Å². The van der Waals surface area contributed by atoms with Crippen molar-refractivity contribution >= 4 is 0 Å². The van der Waals surface area contributed by atoms with Crippen LogP contribution in [0.2, 0.25) is 0 Å². The van der Waals surface area contributed by atoms with Crippen molar-refractivity contribution in [3.8, 4) is 0 Å². The van der Waals surface area contributed by atoms with Crippen molar-refractivity contribution in [2.75, 3.05) is 79.8 Å². The Bertz CT molecular complexity index is 1030. The Balaban J connectivity index is 1.61. The molecule has 0 saturated carbocycles. The number of methoxy groups -OCH3 is 1. The average molecular weight is 947 g/mol. The molecule has 0 aromatic rings. The fraction of sp³-hybridized carbons (Fsp3) is 1.00. The van der Waals surface area contributed by atoms with Crippen LogP contribution in [0.15, 0.2) is 0 Å². The van der Waals surface area contributed by atoms with Crippen molar-refractivity contribution in [1.82, 2.24) is 0 Å². The summed E-state index contributed by atoms with van der Waals surface area (Å²) in [6.45, 7) is 10.3. The molecule has 0 bridgehead atoms. The van der Waals surface area contributed by atoms with Gasteiger partial charge in [0, 0.05) is 32.2 Å². The van der Waals surface area contributed by atoms with E-state index in [9.17, 15) is 20.4 Å². The molecule has 0 amide bonds. The second-order valence-corrected chi connectivity index (χ2v) is 19.7. The van der Waals surface area contributed by atoms with E-state index in [1.54, 1.807) is 0 Å². The van der Waals surface area contributed by atoms with Crippen molar-refractivity contribution in [3.05, 3.63) is 0 Å². The summed E-state index contributed by atoms with van der Waals surface area (Å²) in [4.78, 5) is 0. The zero-order valence-corrected chi connectivity index (χ0v) is 43.1. The van der Waals surface area contributed by atoms with Gasteiger partial charge in [0.2, 0.25) is 0 Å². The summed E-state index contributed by atoms with van der Waals surface area (Å²) in [5, 5.41) is 44.2. The highest BCUT2D eigenvalue weighted by Gasteiger charge is 2.46. The van der Waals surface area contributed by atoms with Crippen LogP contribution in [0.4, 0.5) is 0 Å². The molecule has 2 saturated heterocycles. The van der Waals surface area contributed by atoms with Crippen LogP contribution < -0.4 is 0 Å². The molecule has 0 aromatic carbocycles. The second-order valence-electron chi connectivity index (χ2n) is 19.7. The molecular formula is C54H106O12. The Hall–Kier alpha value is -0.480. The van der Waals surface area contributed by atoms with E-state index < -0.39 is 54.7 Å². The number of rotatable bonds is 47. The molecule has 2 fully saturated rings. The van der Waals surface area contributed by atoms with Gasteiger partial charge in [-0.05, 0) is 19.3 Å². The maximum absolute atomic E-state index is 11.2. The second kappa shape index (κ2) is 43.3. The number of hydrogen-bond donors (Lipinski definition) is 4. The van der Waals surface area contributed by atoms with E-state index >= 15 is 0 Å². The van der Waals surface area contributed by atoms with Crippen LogP contribution in [-0.2, 0) is 37.9 Å². The monoisotopic (exact) mass is 947 g/mol. The molecule has 0 aromatic heterocycles. The molecule has 0 radical (unpaired) electrons. The molecule has 12 nitrogen and oxygen atoms in total. The average Bonchev–Trinajstić information content (AvgIpc) is 3.32. The van der Waals surface area contributed by atoms with Gasteiger partial charge in [0.1, 0.15) is 24.4 Å². The van der Waals surface area contributed by atoms with Crippen molar-refractivity contribution in [2.24, 2.45) is 11.8 Å². The minimum Gasteiger partial charge on any atom is -0.390 e. The molecule has 2 rings (SSSR count). The normalized spacial score (nSPS) is 25.8. The predicted molar refractivity (Wildman–Crippen MR) is 265 cm³/mol. The van der Waals surface area contributed by atoms with Gasteiger partial charge < -0.3 is 58.3 Å². The molecule has 66 heavy (non-hydrogen) atoms. The topological polar surface area (TPSA) is 155 Å². The van der Waals surface area contributed by atoms with Crippen LogP contribution in [0.3, 0.4) is 0 Å². The molecule has 394 valence electrons. The Labute approximate surface area is 404 Å². The van der Waals surface area contributed by atoms with Crippen LogP contribution in [0.25, 0.3) is 0 Å². The highest BCUT2D eigenvalue weighted by atomic mass is 16.6. The van der Waals surface area contributed by atoms with E-state index in [2.05, 4.69) is 13.8 Å². The van der Waals surface area contributed by atoms with Crippen LogP contribution in [0.1, 0.15) is 207 Å². The lowest BCUT2D eigenvalue weighted by Crippen LogP contribution is -2.59. The van der Waals surface area contributed by atoms with Crippen molar-refractivity contribution in [3.63, 3.8) is 0 Å². The first-order chi connectivity index (χ1) is 32.4. The number of aliphatic hydroxyl groups is 4. The Morgan fingerprint density at radius 1 is 0.303 bits per heavy atom. The lowest BCUT2D eigenvalue weighted by molar-refractivity contribution is -0.243. The molecule has 4 N–H and O–H groups in total. The first-order valence-electron chi connectivity index (χ1n) is 27.8. The first kappa shape index (κ1) is 61.6. The van der Waals surface area contributed by atoms with Gasteiger partial charge in [0.25, 0.3) is 0 Å². The van der Waals surface area contributed by atoms with E-state index in [0.29, 0.717) is 39.5 Å². The van der Waals surface area contributed by atoms with E-state index in [-0.39, 0.29) is 39.0 Å². The molecule has 2 aliphatic rings. The molecule has 10 atom stereocenters. The largest absolute Gasteiger partial charge is 0.390 e. The van der Waals surface area contributed by atoms with E-state index in [0.717, 1.165) is 19.4 Å². The standard InChI is InChI=1S/C54H106O12/c1-5-8-10-12-14-16-18-20-22-24-26-28-30-32-34-60-36-38-62-42-47-45(7-3)51(55)54(58)50(65-47)44-64-40-46-48(66-49(41-59-4)53(57)52(46)56)43-63-39-37-61-35-33-31-29-27-25-23-21-19-17-15-13-11-9-6-2/h45-58H,5-44H2,1-4H3/t45-,46-,47?,48+,49+,50+,51-,52?,53?,54?/m1/s1. The van der Waals surface area contributed by atoms with Gasteiger partial charge in [0.05, 0.1) is 83.9 Å². The number of ether oxygens (including phenoxy) is 8. The van der Waals surface area contributed by atoms with Crippen molar-refractivity contribution in [1.29, 1.82) is 0 Å². The lowest BCUT2D eigenvalue weighted by atomic mass is 9.85. The highest BCUT2D eigenvalue weighted by Crippen LogP contribution is 2.31. The minimum absolute atomic E-state index is 0.0189. The Morgan fingerprint density at radius 3 is 1.00 bits per heavy atom. The first-order valence-corrected chi connectivity index (χ1v) is 27.8. The molecular weight excluding hydrogens is 841 g/mol. The zero-order chi connectivity index (χ0) is 47.7. The number of aliphatic hydroxyl groups excluding tert-OH is 4. The lowest BCUT2D eigenvalue weighted by Gasteiger charge is -2.44. The summed E-state index contributed by atoms with van der Waals surface area (Å²) in [5.74, 6) is -0.902. The Morgan fingerprint density at radius 2 is 0.621 bits per heavy atom. The third kappa shape index (κ3) is 29.0. The summed E-state index contributed by atoms with van der Waals surface area (Å²) in [7, 11) is 1.53. The maximum Gasteiger partial charge on any atom is 0.110 e. The predicted octanol–water partition coefficient (Wildman–Crippen LogP) is 10.3. The summed E-state index contributed by atoms with van der Waals surface area (Å²) in [6, 6.07) is 0. The van der Waals surface area contributed by atoms with Gasteiger partial charge in [-0.2, -0.15) is 0 Å². The third-order valence-corrected chi connectivity index (χ3v) is 14.0. The Kier molecular flexibility index (Phi) is 40.5. The maximum atomic E-state index is 11.2. The van der Waals surface area contributed by atoms with Crippen molar-refractivity contribution < 1.29 is 58.3 Å². The van der Waals surface area contributed by atoms with Gasteiger partial charge in [0.15, 0.2) is 0 Å². The van der Waals surface area contributed by atoms with Gasteiger partial charge in [-0.25, -0.2) is 0 Å². The van der Waals surface area contributed by atoms with Gasteiger partial charge in [-0.15, -0.1) is 0 Å². The highest BCUT2D eigenvalue weighted by molar-refractivity contribution is 4.94. The molecule has 12 heteroatoms. The summed E-state index contributed by atoms with van der Waals surface area (Å²) < 4.78 is 47.4. The van der Waals surface area contributed by atoms with Crippen LogP contribution in [0, 0.1) is 11.8 Å². The third-order valence-electron chi connectivity index (χ3n) is 14.0. The SMILES string of the molecule is CCCCCCCCCCCCCCCCOCCOCC1O[C@@H](COC[C@H]2C(O)C(O)[C@H](COC)O[C@H]2COCCOCCCCCCCCCCCCCCCC)C(O)[C@H](O)[C@@H]1CC. The van der Waals surface area contributed by atoms with E-state index in [1.165, 1.54) is 174 Å². The molecule has 0 spiro atoms. The van der Waals surface area contributed by atoms with Crippen LogP contribution >= 0.6 is 0 Å². The smallest absolute Gasteiger partial charge is 0.110 e. The fourth-order valence-corrected chi connectivity index (χ4v) is 9.63. The molecule has 4 unspecified atom stereocenters. The molecule has 0 aliphatic carbocycles. The van der Waals surface area contributed by atoms with Gasteiger partial charge >= 0.3 is 0 Å². The van der Waals surface area contributed by atoms with Crippen molar-refractivity contribution in [2.45, 2.75) is 256 Å². The summed E-state index contributed by atoms with van der Waals surface area (Å²) in [6.07, 6.45) is 30.9. The van der Waals surface area contributed by atoms with E-state index in [1.807, 2.05) is 6.92 Å². The van der Waals surface area contributed by atoms with E-state index in [4.69, 9.17) is 37.9 Å². The quantitative estimate of drug-likeness (QED) is 0.0429. The molecule has 2 aliphatic heterocycles. The van der Waals surface area contributed by atoms with Crippen LogP contribution in [-0.4, -0.2) is 149 Å². The summed E-state index contributed by atoms with van der Waals surface area (Å²) in [5.41, 5.74) is 0. The molecule has 2 heterocycles. The number of hydrogen-bond acceptors (Lipinski definition) is 12. The number of unbranched alkanes of at least 4 members (excludes halogenated alkanes) is 26.